The summed E-state index contributed by atoms with van der Waals surface area (Å²) >= 11 is 0. The number of aromatic nitrogens is 4. The Morgan fingerprint density at radius 1 is 1.32 bits per heavy atom. The van der Waals surface area contributed by atoms with Crippen LogP contribution < -0.4 is 10.9 Å². The Kier molecular flexibility index (Phi) is 2.85. The van der Waals surface area contributed by atoms with Crippen LogP contribution in [0.25, 0.3) is 10.9 Å². The summed E-state index contributed by atoms with van der Waals surface area (Å²) in [5.74, 6) is 0.244. The Labute approximate surface area is 108 Å². The molecule has 0 saturated carbocycles. The molecule has 2 aromatic heterocycles. The molecule has 7 nitrogen and oxygen atoms in total. The van der Waals surface area contributed by atoms with Gasteiger partial charge in [-0.2, -0.15) is 10.1 Å². The van der Waals surface area contributed by atoms with Crippen molar-refractivity contribution in [2.24, 2.45) is 0 Å². The molecule has 0 atom stereocenters. The lowest BCUT2D eigenvalue weighted by Crippen LogP contribution is -2.31. The lowest BCUT2D eigenvalue weighted by atomic mass is 10.1. The number of nitrogens with one attached hydrogen (secondary N) is 4. The molecular formula is C12H12N6O. The van der Waals surface area contributed by atoms with Crippen molar-refractivity contribution in [3.63, 3.8) is 0 Å². The van der Waals surface area contributed by atoms with Crippen molar-refractivity contribution in [2.45, 2.75) is 6.42 Å². The molecule has 19 heavy (non-hydrogen) atoms. The molecule has 2 heterocycles. The molecule has 0 aliphatic rings. The molecule has 0 bridgehead atoms. The SMILES string of the molecule is O=C(Cc1c[nH]c2ccccc12)NNc1ncn[nH]1. The van der Waals surface area contributed by atoms with E-state index in [9.17, 15) is 4.79 Å². The van der Waals surface area contributed by atoms with Crippen molar-refractivity contribution in [2.75, 3.05) is 5.43 Å². The Morgan fingerprint density at radius 2 is 2.21 bits per heavy atom. The molecule has 0 spiro atoms. The third kappa shape index (κ3) is 2.39. The van der Waals surface area contributed by atoms with Gasteiger partial charge in [0.2, 0.25) is 11.9 Å². The molecule has 4 N–H and O–H groups in total. The fourth-order valence-corrected chi connectivity index (χ4v) is 1.89. The summed E-state index contributed by atoms with van der Waals surface area (Å²) in [6.07, 6.45) is 3.48. The number of fused-ring (bicyclic) bond motifs is 1. The van der Waals surface area contributed by atoms with Gasteiger partial charge < -0.3 is 4.98 Å². The first-order valence-electron chi connectivity index (χ1n) is 5.78. The first-order chi connectivity index (χ1) is 9.33. The first kappa shape index (κ1) is 11.3. The maximum atomic E-state index is 11.8. The Bertz CT molecular complexity index is 687. The van der Waals surface area contributed by atoms with Crippen molar-refractivity contribution in [1.82, 2.24) is 25.6 Å². The van der Waals surface area contributed by atoms with Gasteiger partial charge in [0.05, 0.1) is 6.42 Å². The maximum Gasteiger partial charge on any atom is 0.242 e. The van der Waals surface area contributed by atoms with Gasteiger partial charge in [-0.15, -0.1) is 0 Å². The topological polar surface area (TPSA) is 98.5 Å². The standard InChI is InChI=1S/C12H12N6O/c19-11(16-18-12-14-7-15-17-12)5-8-6-13-10-4-2-1-3-9(8)10/h1-4,6-7,13H,5H2,(H,16,19)(H2,14,15,17,18). The second-order valence-electron chi connectivity index (χ2n) is 4.04. The van der Waals surface area contributed by atoms with Crippen molar-refractivity contribution in [3.05, 3.63) is 42.4 Å². The summed E-state index contributed by atoms with van der Waals surface area (Å²) in [4.78, 5) is 18.8. The Morgan fingerprint density at radius 3 is 3.05 bits per heavy atom. The van der Waals surface area contributed by atoms with Gasteiger partial charge >= 0.3 is 0 Å². The van der Waals surface area contributed by atoms with Gasteiger partial charge in [0.25, 0.3) is 0 Å². The molecule has 0 aliphatic heterocycles. The Balaban J connectivity index is 1.66. The summed E-state index contributed by atoms with van der Waals surface area (Å²) < 4.78 is 0. The third-order valence-electron chi connectivity index (χ3n) is 2.76. The van der Waals surface area contributed by atoms with E-state index in [4.69, 9.17) is 0 Å². The van der Waals surface area contributed by atoms with Crippen LogP contribution in [0.3, 0.4) is 0 Å². The van der Waals surface area contributed by atoms with Crippen molar-refractivity contribution in [1.29, 1.82) is 0 Å². The normalized spacial score (nSPS) is 10.5. The van der Waals surface area contributed by atoms with Crippen molar-refractivity contribution in [3.8, 4) is 0 Å². The highest BCUT2D eigenvalue weighted by molar-refractivity contribution is 5.89. The van der Waals surface area contributed by atoms with Crippen LogP contribution in [0, 0.1) is 0 Å². The molecule has 3 aromatic rings. The highest BCUT2D eigenvalue weighted by Crippen LogP contribution is 2.17. The van der Waals surface area contributed by atoms with E-state index in [-0.39, 0.29) is 12.3 Å². The number of para-hydroxylation sites is 1. The molecule has 96 valence electrons. The predicted molar refractivity (Wildman–Crippen MR) is 70.2 cm³/mol. The second-order valence-corrected chi connectivity index (χ2v) is 4.04. The average Bonchev–Trinajstić information content (AvgIpc) is 3.07. The zero-order chi connectivity index (χ0) is 13.1. The van der Waals surface area contributed by atoms with E-state index < -0.39 is 0 Å². The number of nitrogens with zero attached hydrogens (tertiary/aromatic N) is 2. The lowest BCUT2D eigenvalue weighted by molar-refractivity contribution is -0.119. The monoisotopic (exact) mass is 256 g/mol. The summed E-state index contributed by atoms with van der Waals surface area (Å²) in [6, 6.07) is 7.86. The van der Waals surface area contributed by atoms with Gasteiger partial charge in [-0.05, 0) is 11.6 Å². The van der Waals surface area contributed by atoms with Crippen LogP contribution >= 0.6 is 0 Å². The quantitative estimate of drug-likeness (QED) is 0.523. The van der Waals surface area contributed by atoms with Crippen LogP contribution in [-0.4, -0.2) is 26.1 Å². The number of anilines is 1. The van der Waals surface area contributed by atoms with Gasteiger partial charge in [-0.1, -0.05) is 18.2 Å². The fourth-order valence-electron chi connectivity index (χ4n) is 1.89. The number of H-pyrrole nitrogens is 2. The maximum absolute atomic E-state index is 11.8. The number of hydrazine groups is 1. The summed E-state index contributed by atoms with van der Waals surface area (Å²) in [5.41, 5.74) is 7.17. The smallest absolute Gasteiger partial charge is 0.242 e. The van der Waals surface area contributed by atoms with E-state index in [2.05, 4.69) is 31.0 Å². The van der Waals surface area contributed by atoms with E-state index in [1.54, 1.807) is 0 Å². The fraction of sp³-hybridized carbons (Fsp3) is 0.0833. The van der Waals surface area contributed by atoms with Gasteiger partial charge in [0.1, 0.15) is 6.33 Å². The molecular weight excluding hydrogens is 244 g/mol. The summed E-state index contributed by atoms with van der Waals surface area (Å²) in [7, 11) is 0. The zero-order valence-electron chi connectivity index (χ0n) is 9.97. The van der Waals surface area contributed by atoms with Gasteiger partial charge in [0, 0.05) is 17.1 Å². The summed E-state index contributed by atoms with van der Waals surface area (Å²) in [5, 5.41) is 7.30. The van der Waals surface area contributed by atoms with Gasteiger partial charge in [-0.3, -0.25) is 15.6 Å². The molecule has 0 saturated heterocycles. The van der Waals surface area contributed by atoms with Crippen LogP contribution in [0.1, 0.15) is 5.56 Å². The number of carbonyl (C=O) groups excluding carboxylic acids is 1. The van der Waals surface area contributed by atoms with E-state index in [0.717, 1.165) is 16.5 Å². The van der Waals surface area contributed by atoms with Gasteiger partial charge in [-0.25, -0.2) is 5.10 Å². The van der Waals surface area contributed by atoms with Crippen LogP contribution in [0.15, 0.2) is 36.8 Å². The number of hydrogen-bond donors (Lipinski definition) is 4. The number of aromatic amines is 2. The van der Waals surface area contributed by atoms with E-state index >= 15 is 0 Å². The highest BCUT2D eigenvalue weighted by Gasteiger charge is 2.08. The molecule has 0 unspecified atom stereocenters. The lowest BCUT2D eigenvalue weighted by Gasteiger charge is -2.04. The van der Waals surface area contributed by atoms with Crippen molar-refractivity contribution >= 4 is 22.8 Å². The molecule has 1 amide bonds. The number of hydrogen-bond acceptors (Lipinski definition) is 4. The number of rotatable bonds is 4. The first-order valence-corrected chi connectivity index (χ1v) is 5.78. The van der Waals surface area contributed by atoms with Crippen LogP contribution in [0.4, 0.5) is 5.95 Å². The third-order valence-corrected chi connectivity index (χ3v) is 2.76. The Hall–Kier alpha value is -2.83. The van der Waals surface area contributed by atoms with Crippen LogP contribution in [0.5, 0.6) is 0 Å². The van der Waals surface area contributed by atoms with E-state index in [0.29, 0.717) is 5.95 Å². The molecule has 3 rings (SSSR count). The van der Waals surface area contributed by atoms with Crippen LogP contribution in [0.2, 0.25) is 0 Å². The largest absolute Gasteiger partial charge is 0.361 e. The number of amides is 1. The minimum absolute atomic E-state index is 0.152. The average molecular weight is 256 g/mol. The molecule has 0 fully saturated rings. The number of carbonyl (C=O) groups is 1. The minimum Gasteiger partial charge on any atom is -0.361 e. The summed E-state index contributed by atoms with van der Waals surface area (Å²) in [6.45, 7) is 0. The van der Waals surface area contributed by atoms with E-state index in [1.165, 1.54) is 6.33 Å². The highest BCUT2D eigenvalue weighted by atomic mass is 16.2. The zero-order valence-corrected chi connectivity index (χ0v) is 9.97. The van der Waals surface area contributed by atoms with E-state index in [1.807, 2.05) is 30.5 Å². The number of benzene rings is 1. The molecule has 0 aliphatic carbocycles. The molecule has 0 radical (unpaired) electrons. The van der Waals surface area contributed by atoms with Crippen LogP contribution in [-0.2, 0) is 11.2 Å². The van der Waals surface area contributed by atoms with Crippen molar-refractivity contribution < 1.29 is 4.79 Å². The minimum atomic E-state index is -0.152. The molecule has 1 aromatic carbocycles. The predicted octanol–water partition coefficient (Wildman–Crippen LogP) is 0.972. The second kappa shape index (κ2) is 4.81. The van der Waals surface area contributed by atoms with Gasteiger partial charge in [0.15, 0.2) is 0 Å². The molecule has 7 heteroatoms.